The van der Waals surface area contributed by atoms with Crippen molar-refractivity contribution in [1.29, 1.82) is 0 Å². The topological polar surface area (TPSA) is 57.6 Å². The first-order valence-corrected chi connectivity index (χ1v) is 6.76. The minimum atomic E-state index is -3.11. The molecule has 1 N–H and O–H groups in total. The number of nitrogens with zero attached hydrogens (tertiary/aromatic N) is 1. The standard InChI is InChI=1S/C9H19NO3S/c1-9-4-2-5-10(8-9)14(12,13)7-3-6-11/h9,11H,2-8H2,1H3. The Balaban J connectivity index is 2.53. The molecular weight excluding hydrogens is 202 g/mol. The summed E-state index contributed by atoms with van der Waals surface area (Å²) in [4.78, 5) is 0. The van der Waals surface area contributed by atoms with Gasteiger partial charge in [-0.05, 0) is 25.2 Å². The number of aliphatic hydroxyl groups is 1. The maximum absolute atomic E-state index is 11.7. The van der Waals surface area contributed by atoms with E-state index in [1.165, 1.54) is 0 Å². The molecule has 1 aliphatic heterocycles. The molecule has 1 rings (SSSR count). The summed E-state index contributed by atoms with van der Waals surface area (Å²) in [5.41, 5.74) is 0. The van der Waals surface area contributed by atoms with Gasteiger partial charge in [0.2, 0.25) is 10.0 Å². The molecule has 0 aliphatic carbocycles. The molecule has 1 fully saturated rings. The highest BCUT2D eigenvalue weighted by Gasteiger charge is 2.26. The van der Waals surface area contributed by atoms with E-state index in [4.69, 9.17) is 5.11 Å². The maximum Gasteiger partial charge on any atom is 0.214 e. The normalized spacial score (nSPS) is 25.1. The van der Waals surface area contributed by atoms with Crippen LogP contribution in [0, 0.1) is 5.92 Å². The number of aliphatic hydroxyl groups excluding tert-OH is 1. The Morgan fingerprint density at radius 1 is 1.50 bits per heavy atom. The quantitative estimate of drug-likeness (QED) is 0.749. The van der Waals surface area contributed by atoms with Gasteiger partial charge in [0.1, 0.15) is 0 Å². The van der Waals surface area contributed by atoms with Crippen molar-refractivity contribution in [2.75, 3.05) is 25.4 Å². The van der Waals surface area contributed by atoms with Crippen LogP contribution in [0.2, 0.25) is 0 Å². The van der Waals surface area contributed by atoms with E-state index in [9.17, 15) is 8.42 Å². The van der Waals surface area contributed by atoms with Crippen LogP contribution in [0.3, 0.4) is 0 Å². The van der Waals surface area contributed by atoms with Crippen LogP contribution < -0.4 is 0 Å². The van der Waals surface area contributed by atoms with Gasteiger partial charge in [-0.1, -0.05) is 6.92 Å². The second-order valence-corrected chi connectivity index (χ2v) is 6.09. The molecule has 1 aliphatic rings. The van der Waals surface area contributed by atoms with E-state index in [0.29, 0.717) is 25.4 Å². The summed E-state index contributed by atoms with van der Waals surface area (Å²) in [5, 5.41) is 8.60. The molecule has 0 bridgehead atoms. The van der Waals surface area contributed by atoms with Crippen molar-refractivity contribution in [2.24, 2.45) is 5.92 Å². The van der Waals surface area contributed by atoms with E-state index in [1.54, 1.807) is 4.31 Å². The van der Waals surface area contributed by atoms with Gasteiger partial charge in [-0.3, -0.25) is 0 Å². The molecule has 0 radical (unpaired) electrons. The Kier molecular flexibility index (Phi) is 4.34. The smallest absolute Gasteiger partial charge is 0.214 e. The average molecular weight is 221 g/mol. The van der Waals surface area contributed by atoms with Crippen LogP contribution in [0.25, 0.3) is 0 Å². The van der Waals surface area contributed by atoms with Gasteiger partial charge in [0.05, 0.1) is 5.75 Å². The largest absolute Gasteiger partial charge is 0.396 e. The molecule has 84 valence electrons. The minimum absolute atomic E-state index is 0.0530. The lowest BCUT2D eigenvalue weighted by molar-refractivity contribution is 0.275. The van der Waals surface area contributed by atoms with Crippen LogP contribution in [-0.2, 0) is 10.0 Å². The minimum Gasteiger partial charge on any atom is -0.396 e. The highest BCUT2D eigenvalue weighted by Crippen LogP contribution is 2.18. The Morgan fingerprint density at radius 3 is 2.79 bits per heavy atom. The second kappa shape index (κ2) is 5.09. The lowest BCUT2D eigenvalue weighted by Gasteiger charge is -2.29. The summed E-state index contributed by atoms with van der Waals surface area (Å²) in [6.07, 6.45) is 2.42. The molecule has 1 heterocycles. The van der Waals surface area contributed by atoms with E-state index in [2.05, 4.69) is 6.92 Å². The number of piperidine rings is 1. The molecule has 5 heteroatoms. The zero-order valence-corrected chi connectivity index (χ0v) is 9.46. The summed E-state index contributed by atoms with van der Waals surface area (Å²) in [5.74, 6) is 0.545. The van der Waals surface area contributed by atoms with Gasteiger partial charge >= 0.3 is 0 Å². The van der Waals surface area contributed by atoms with Gasteiger partial charge in [0.15, 0.2) is 0 Å². The van der Waals surface area contributed by atoms with Crippen LogP contribution in [0.1, 0.15) is 26.2 Å². The molecule has 0 amide bonds. The monoisotopic (exact) mass is 221 g/mol. The highest BCUT2D eigenvalue weighted by molar-refractivity contribution is 7.89. The molecule has 0 aromatic rings. The first-order valence-electron chi connectivity index (χ1n) is 5.15. The Bertz CT molecular complexity index is 263. The van der Waals surface area contributed by atoms with E-state index >= 15 is 0 Å². The van der Waals surface area contributed by atoms with E-state index in [1.807, 2.05) is 0 Å². The molecule has 14 heavy (non-hydrogen) atoms. The van der Waals surface area contributed by atoms with E-state index in [-0.39, 0.29) is 12.4 Å². The fourth-order valence-corrected chi connectivity index (χ4v) is 3.42. The summed E-state index contributed by atoms with van der Waals surface area (Å²) < 4.78 is 25.0. The van der Waals surface area contributed by atoms with Crippen molar-refractivity contribution in [3.05, 3.63) is 0 Å². The zero-order valence-electron chi connectivity index (χ0n) is 8.65. The van der Waals surface area contributed by atoms with E-state index in [0.717, 1.165) is 12.8 Å². The Morgan fingerprint density at radius 2 is 2.21 bits per heavy atom. The van der Waals surface area contributed by atoms with Gasteiger partial charge in [0, 0.05) is 19.7 Å². The molecule has 0 aromatic heterocycles. The Hall–Kier alpha value is -0.130. The van der Waals surface area contributed by atoms with Gasteiger partial charge in [-0.2, -0.15) is 0 Å². The first kappa shape index (κ1) is 11.9. The number of hydrogen-bond acceptors (Lipinski definition) is 3. The second-order valence-electron chi connectivity index (χ2n) is 4.00. The molecule has 0 spiro atoms. The molecule has 1 atom stereocenters. The zero-order chi connectivity index (χ0) is 10.6. The third kappa shape index (κ3) is 3.22. The maximum atomic E-state index is 11.7. The highest BCUT2D eigenvalue weighted by atomic mass is 32.2. The summed E-state index contributed by atoms with van der Waals surface area (Å²) in [6, 6.07) is 0. The van der Waals surface area contributed by atoms with Crippen molar-refractivity contribution in [3.8, 4) is 0 Å². The third-order valence-electron chi connectivity index (χ3n) is 2.57. The Labute approximate surface area is 86.0 Å². The summed E-state index contributed by atoms with van der Waals surface area (Å²) in [6.45, 7) is 3.32. The molecular formula is C9H19NO3S. The van der Waals surface area contributed by atoms with Gasteiger partial charge < -0.3 is 5.11 Å². The number of hydrogen-bond donors (Lipinski definition) is 1. The van der Waals surface area contributed by atoms with Crippen molar-refractivity contribution >= 4 is 10.0 Å². The van der Waals surface area contributed by atoms with Gasteiger partial charge in [-0.25, -0.2) is 12.7 Å². The predicted octanol–water partition coefficient (Wildman–Crippen LogP) is 0.430. The summed E-state index contributed by atoms with van der Waals surface area (Å²) >= 11 is 0. The van der Waals surface area contributed by atoms with Crippen molar-refractivity contribution in [1.82, 2.24) is 4.31 Å². The average Bonchev–Trinajstić information content (AvgIpc) is 2.15. The molecule has 0 aromatic carbocycles. The fraction of sp³-hybridized carbons (Fsp3) is 1.00. The number of rotatable bonds is 4. The SMILES string of the molecule is CC1CCCN(S(=O)(=O)CCCO)C1. The summed E-state index contributed by atoms with van der Waals surface area (Å²) in [7, 11) is -3.11. The lowest BCUT2D eigenvalue weighted by Crippen LogP contribution is -2.40. The van der Waals surface area contributed by atoms with Crippen LogP contribution in [0.5, 0.6) is 0 Å². The first-order chi connectivity index (χ1) is 6.56. The van der Waals surface area contributed by atoms with Crippen molar-refractivity contribution in [2.45, 2.75) is 26.2 Å². The van der Waals surface area contributed by atoms with Gasteiger partial charge in [0.25, 0.3) is 0 Å². The van der Waals surface area contributed by atoms with Crippen LogP contribution in [0.15, 0.2) is 0 Å². The lowest BCUT2D eigenvalue weighted by atomic mass is 10.0. The van der Waals surface area contributed by atoms with E-state index < -0.39 is 10.0 Å². The molecule has 1 saturated heterocycles. The fourth-order valence-electron chi connectivity index (χ4n) is 1.78. The number of sulfonamides is 1. The predicted molar refractivity (Wildman–Crippen MR) is 55.5 cm³/mol. The van der Waals surface area contributed by atoms with Crippen molar-refractivity contribution in [3.63, 3.8) is 0 Å². The van der Waals surface area contributed by atoms with Gasteiger partial charge in [-0.15, -0.1) is 0 Å². The molecule has 0 saturated carbocycles. The molecule has 4 nitrogen and oxygen atoms in total. The third-order valence-corrected chi connectivity index (χ3v) is 4.50. The van der Waals surface area contributed by atoms with Crippen LogP contribution in [-0.4, -0.2) is 43.3 Å². The molecule has 1 unspecified atom stereocenters. The van der Waals surface area contributed by atoms with Crippen molar-refractivity contribution < 1.29 is 13.5 Å². The van der Waals surface area contributed by atoms with Crippen LogP contribution >= 0.6 is 0 Å². The van der Waals surface area contributed by atoms with Crippen LogP contribution in [0.4, 0.5) is 0 Å².